The molecule has 0 radical (unpaired) electrons. The molecule has 1 aliphatic rings. The van der Waals surface area contributed by atoms with E-state index in [9.17, 15) is 4.21 Å². The van der Waals surface area contributed by atoms with Gasteiger partial charge in [0.15, 0.2) is 0 Å². The van der Waals surface area contributed by atoms with Gasteiger partial charge in [0.2, 0.25) is 0 Å². The average molecular weight is 260 g/mol. The van der Waals surface area contributed by atoms with Gasteiger partial charge >= 0.3 is 0 Å². The van der Waals surface area contributed by atoms with Crippen molar-refractivity contribution in [3.8, 4) is 0 Å². The molecule has 1 aliphatic heterocycles. The van der Waals surface area contributed by atoms with Gasteiger partial charge in [-0.15, -0.1) is 0 Å². The molecule has 1 saturated heterocycles. The first-order chi connectivity index (χ1) is 7.75. The molecule has 16 heavy (non-hydrogen) atoms. The summed E-state index contributed by atoms with van der Waals surface area (Å²) >= 11 is 5.73. The standard InChI is InChI=1S/C10H14ClN3OS/c11-9-4-10(14-7-13-9)16(15)6-8-2-1-3-12-5-8/h4,7-8,12H,1-3,5-6H2/t8-,16-/m1/s1. The maximum atomic E-state index is 12.0. The molecule has 0 saturated carbocycles. The van der Waals surface area contributed by atoms with Gasteiger partial charge in [0.05, 0.1) is 10.8 Å². The lowest BCUT2D eigenvalue weighted by Gasteiger charge is -2.21. The lowest BCUT2D eigenvalue weighted by atomic mass is 10.0. The average Bonchev–Trinajstić information content (AvgIpc) is 2.30. The fourth-order valence-electron chi connectivity index (χ4n) is 1.81. The highest BCUT2D eigenvalue weighted by Crippen LogP contribution is 2.15. The molecule has 2 rings (SSSR count). The molecule has 6 heteroatoms. The Morgan fingerprint density at radius 1 is 1.56 bits per heavy atom. The minimum Gasteiger partial charge on any atom is -0.316 e. The summed E-state index contributed by atoms with van der Waals surface area (Å²) in [4.78, 5) is 7.77. The smallest absolute Gasteiger partial charge is 0.133 e. The van der Waals surface area contributed by atoms with Gasteiger partial charge in [-0.05, 0) is 31.8 Å². The summed E-state index contributed by atoms with van der Waals surface area (Å²) in [6.45, 7) is 2.02. The maximum Gasteiger partial charge on any atom is 0.133 e. The number of halogens is 1. The minimum atomic E-state index is -1.07. The fourth-order valence-corrected chi connectivity index (χ4v) is 3.31. The summed E-state index contributed by atoms with van der Waals surface area (Å²) in [5.74, 6) is 1.13. The number of hydrogen-bond donors (Lipinski definition) is 1. The Kier molecular flexibility index (Phi) is 4.26. The van der Waals surface area contributed by atoms with E-state index in [0.717, 1.165) is 25.9 Å². The van der Waals surface area contributed by atoms with Crippen molar-refractivity contribution in [2.24, 2.45) is 5.92 Å². The topological polar surface area (TPSA) is 54.9 Å². The van der Waals surface area contributed by atoms with E-state index in [1.165, 1.54) is 6.33 Å². The highest BCUT2D eigenvalue weighted by atomic mass is 35.5. The van der Waals surface area contributed by atoms with Crippen molar-refractivity contribution in [2.45, 2.75) is 17.9 Å². The first-order valence-electron chi connectivity index (χ1n) is 5.32. The molecule has 1 fully saturated rings. The molecule has 0 amide bonds. The summed E-state index contributed by atoms with van der Waals surface area (Å²) in [5.41, 5.74) is 0. The lowest BCUT2D eigenvalue weighted by Crippen LogP contribution is -2.32. The lowest BCUT2D eigenvalue weighted by molar-refractivity contribution is 0.408. The molecule has 0 unspecified atom stereocenters. The van der Waals surface area contributed by atoms with E-state index in [0.29, 0.717) is 21.8 Å². The molecule has 0 spiro atoms. The Hall–Kier alpha value is -0.520. The van der Waals surface area contributed by atoms with Crippen molar-refractivity contribution in [1.29, 1.82) is 0 Å². The van der Waals surface area contributed by atoms with E-state index in [-0.39, 0.29) is 0 Å². The van der Waals surface area contributed by atoms with Gasteiger partial charge < -0.3 is 5.32 Å². The number of nitrogens with zero attached hydrogens (tertiary/aromatic N) is 2. The van der Waals surface area contributed by atoms with Crippen LogP contribution in [-0.2, 0) is 10.8 Å². The maximum absolute atomic E-state index is 12.0. The summed E-state index contributed by atoms with van der Waals surface area (Å²) in [7, 11) is -1.07. The van der Waals surface area contributed by atoms with Crippen LogP contribution in [0.2, 0.25) is 5.15 Å². The van der Waals surface area contributed by atoms with Gasteiger partial charge in [0.1, 0.15) is 16.5 Å². The fraction of sp³-hybridized carbons (Fsp3) is 0.600. The van der Waals surface area contributed by atoms with Crippen LogP contribution in [0.3, 0.4) is 0 Å². The van der Waals surface area contributed by atoms with Crippen LogP contribution in [-0.4, -0.2) is 33.0 Å². The largest absolute Gasteiger partial charge is 0.316 e. The number of hydrogen-bond acceptors (Lipinski definition) is 4. The molecular formula is C10H14ClN3OS. The van der Waals surface area contributed by atoms with Crippen LogP contribution >= 0.6 is 11.6 Å². The Morgan fingerprint density at radius 3 is 3.12 bits per heavy atom. The molecule has 0 aromatic carbocycles. The zero-order valence-corrected chi connectivity index (χ0v) is 10.4. The molecule has 4 nitrogen and oxygen atoms in total. The molecule has 2 atom stereocenters. The molecule has 1 aromatic rings. The molecule has 2 heterocycles. The number of nitrogens with one attached hydrogen (secondary N) is 1. The van der Waals surface area contributed by atoms with Crippen LogP contribution in [0.4, 0.5) is 0 Å². The third-order valence-corrected chi connectivity index (χ3v) is 4.30. The quantitative estimate of drug-likeness (QED) is 0.830. The zero-order valence-electron chi connectivity index (χ0n) is 8.86. The van der Waals surface area contributed by atoms with Crippen molar-refractivity contribution >= 4 is 22.4 Å². The van der Waals surface area contributed by atoms with Crippen LogP contribution in [0.1, 0.15) is 12.8 Å². The van der Waals surface area contributed by atoms with Gasteiger partial charge in [0.25, 0.3) is 0 Å². The molecule has 88 valence electrons. The van der Waals surface area contributed by atoms with Crippen LogP contribution in [0.5, 0.6) is 0 Å². The van der Waals surface area contributed by atoms with Gasteiger partial charge in [-0.3, -0.25) is 4.21 Å². The number of rotatable bonds is 3. The predicted molar refractivity (Wildman–Crippen MR) is 63.9 cm³/mol. The Balaban J connectivity index is 1.97. The number of aromatic nitrogens is 2. The SMILES string of the molecule is O=[S@](C[C@@H]1CCCNC1)c1cc(Cl)ncn1. The van der Waals surface area contributed by atoms with Crippen molar-refractivity contribution < 1.29 is 4.21 Å². The van der Waals surface area contributed by atoms with Crippen molar-refractivity contribution in [2.75, 3.05) is 18.8 Å². The van der Waals surface area contributed by atoms with Gasteiger partial charge in [-0.1, -0.05) is 11.6 Å². The van der Waals surface area contributed by atoms with E-state index < -0.39 is 10.8 Å². The van der Waals surface area contributed by atoms with Crippen LogP contribution < -0.4 is 5.32 Å². The normalized spacial score (nSPS) is 22.9. The van der Waals surface area contributed by atoms with Crippen LogP contribution in [0.15, 0.2) is 17.4 Å². The van der Waals surface area contributed by atoms with E-state index >= 15 is 0 Å². The minimum absolute atomic E-state index is 0.347. The second-order valence-corrected chi connectivity index (χ2v) is 5.73. The first kappa shape index (κ1) is 12.0. The summed E-state index contributed by atoms with van der Waals surface area (Å²) < 4.78 is 12.0. The van der Waals surface area contributed by atoms with Crippen LogP contribution in [0.25, 0.3) is 0 Å². The zero-order chi connectivity index (χ0) is 11.4. The molecule has 0 bridgehead atoms. The molecule has 1 N–H and O–H groups in total. The van der Waals surface area contributed by atoms with E-state index in [1.54, 1.807) is 6.07 Å². The second kappa shape index (κ2) is 5.70. The van der Waals surface area contributed by atoms with Gasteiger partial charge in [-0.2, -0.15) is 0 Å². The number of piperidine rings is 1. The summed E-state index contributed by atoms with van der Waals surface area (Å²) in [5, 5.41) is 4.19. The third kappa shape index (κ3) is 3.23. The van der Waals surface area contributed by atoms with Gasteiger partial charge in [0, 0.05) is 11.8 Å². The van der Waals surface area contributed by atoms with E-state index in [2.05, 4.69) is 15.3 Å². The highest BCUT2D eigenvalue weighted by Gasteiger charge is 2.17. The Labute approximate surface area is 102 Å². The Bertz CT molecular complexity index is 382. The van der Waals surface area contributed by atoms with Gasteiger partial charge in [-0.25, -0.2) is 9.97 Å². The second-order valence-electron chi connectivity index (χ2n) is 3.90. The third-order valence-electron chi connectivity index (χ3n) is 2.63. The van der Waals surface area contributed by atoms with E-state index in [4.69, 9.17) is 11.6 Å². The van der Waals surface area contributed by atoms with Crippen molar-refractivity contribution in [3.63, 3.8) is 0 Å². The summed E-state index contributed by atoms with van der Waals surface area (Å²) in [6.07, 6.45) is 3.65. The predicted octanol–water partition coefficient (Wildman–Crippen LogP) is 1.24. The molecule has 0 aliphatic carbocycles. The Morgan fingerprint density at radius 2 is 2.44 bits per heavy atom. The molecular weight excluding hydrogens is 246 g/mol. The van der Waals surface area contributed by atoms with E-state index in [1.807, 2.05) is 0 Å². The van der Waals surface area contributed by atoms with Crippen molar-refractivity contribution in [1.82, 2.24) is 15.3 Å². The van der Waals surface area contributed by atoms with Crippen LogP contribution in [0, 0.1) is 5.92 Å². The monoisotopic (exact) mass is 259 g/mol. The summed E-state index contributed by atoms with van der Waals surface area (Å²) in [6, 6.07) is 1.58. The molecule has 1 aromatic heterocycles. The van der Waals surface area contributed by atoms with Crippen molar-refractivity contribution in [3.05, 3.63) is 17.5 Å². The highest BCUT2D eigenvalue weighted by molar-refractivity contribution is 7.85. The first-order valence-corrected chi connectivity index (χ1v) is 7.02.